The first-order chi connectivity index (χ1) is 12.0. The Hall–Kier alpha value is -3.42. The molecule has 0 saturated heterocycles. The average Bonchev–Trinajstić information content (AvgIpc) is 2.62. The predicted octanol–water partition coefficient (Wildman–Crippen LogP) is 2.55. The maximum Gasteiger partial charge on any atom is 0.269 e. The number of carbonyl (C=O) groups excluding carboxylic acids is 1. The van der Waals surface area contributed by atoms with Gasteiger partial charge < -0.3 is 10.1 Å². The number of nitrogens with one attached hydrogen (secondary N) is 2. The number of methoxy groups -OCH3 is 1. The van der Waals surface area contributed by atoms with E-state index in [4.69, 9.17) is 4.74 Å². The number of hydrogen-bond acceptors (Lipinski definition) is 6. The van der Waals surface area contributed by atoms with E-state index in [9.17, 15) is 14.9 Å². The first kappa shape index (κ1) is 17.9. The number of anilines is 1. The summed E-state index contributed by atoms with van der Waals surface area (Å²) in [5.41, 5.74) is 3.84. The van der Waals surface area contributed by atoms with Crippen molar-refractivity contribution in [3.63, 3.8) is 0 Å². The minimum Gasteiger partial charge on any atom is -0.497 e. The van der Waals surface area contributed by atoms with Crippen molar-refractivity contribution in [2.45, 2.75) is 13.0 Å². The lowest BCUT2D eigenvalue weighted by Crippen LogP contribution is -2.34. The largest absolute Gasteiger partial charge is 0.497 e. The van der Waals surface area contributed by atoms with Gasteiger partial charge in [0.05, 0.1) is 18.2 Å². The molecule has 2 aromatic carbocycles. The van der Waals surface area contributed by atoms with E-state index in [0.29, 0.717) is 5.56 Å². The summed E-state index contributed by atoms with van der Waals surface area (Å²) >= 11 is 0. The topological polar surface area (TPSA) is 106 Å². The lowest BCUT2D eigenvalue weighted by Gasteiger charge is -2.13. The Labute approximate surface area is 144 Å². The first-order valence-corrected chi connectivity index (χ1v) is 7.47. The Kier molecular flexibility index (Phi) is 6.05. The normalized spacial score (nSPS) is 11.8. The maximum absolute atomic E-state index is 12.0. The van der Waals surface area contributed by atoms with Gasteiger partial charge in [-0.3, -0.25) is 14.9 Å². The molecule has 0 heterocycles. The van der Waals surface area contributed by atoms with Crippen LogP contribution in [-0.2, 0) is 4.79 Å². The van der Waals surface area contributed by atoms with Gasteiger partial charge in [0, 0.05) is 17.8 Å². The van der Waals surface area contributed by atoms with Crippen molar-refractivity contribution in [2.24, 2.45) is 5.10 Å². The van der Waals surface area contributed by atoms with Crippen LogP contribution in [0.25, 0.3) is 0 Å². The third-order valence-electron chi connectivity index (χ3n) is 3.36. The molecule has 8 nitrogen and oxygen atoms in total. The predicted molar refractivity (Wildman–Crippen MR) is 94.9 cm³/mol. The van der Waals surface area contributed by atoms with Gasteiger partial charge >= 0.3 is 0 Å². The van der Waals surface area contributed by atoms with Crippen LogP contribution in [0.1, 0.15) is 12.5 Å². The summed E-state index contributed by atoms with van der Waals surface area (Å²) in [5, 5.41) is 17.5. The number of nitro groups is 1. The molecule has 1 amide bonds. The molecule has 0 bridgehead atoms. The number of rotatable bonds is 7. The third kappa shape index (κ3) is 5.31. The van der Waals surface area contributed by atoms with Crippen LogP contribution in [0.2, 0.25) is 0 Å². The molecule has 0 aliphatic carbocycles. The van der Waals surface area contributed by atoms with E-state index in [2.05, 4.69) is 15.8 Å². The molecule has 2 N–H and O–H groups in total. The van der Waals surface area contributed by atoms with Gasteiger partial charge in [-0.05, 0) is 48.9 Å². The van der Waals surface area contributed by atoms with Crippen LogP contribution in [0.5, 0.6) is 5.75 Å². The number of carbonyl (C=O) groups is 1. The summed E-state index contributed by atoms with van der Waals surface area (Å²) in [6.07, 6.45) is 1.42. The van der Waals surface area contributed by atoms with E-state index < -0.39 is 11.0 Å². The molecule has 2 rings (SSSR count). The molecule has 0 fully saturated rings. The average molecular weight is 342 g/mol. The highest BCUT2D eigenvalue weighted by Gasteiger charge is 2.11. The Bertz CT molecular complexity index is 757. The molecular formula is C17H18N4O4. The van der Waals surface area contributed by atoms with E-state index in [1.807, 2.05) is 12.1 Å². The number of nitrogens with zero attached hydrogens (tertiary/aromatic N) is 2. The van der Waals surface area contributed by atoms with Crippen LogP contribution < -0.4 is 15.5 Å². The van der Waals surface area contributed by atoms with Gasteiger partial charge in [-0.1, -0.05) is 0 Å². The third-order valence-corrected chi connectivity index (χ3v) is 3.36. The Balaban J connectivity index is 1.86. The van der Waals surface area contributed by atoms with Crippen LogP contribution >= 0.6 is 0 Å². The zero-order valence-electron chi connectivity index (χ0n) is 13.8. The van der Waals surface area contributed by atoms with Gasteiger partial charge in [0.2, 0.25) is 0 Å². The highest BCUT2D eigenvalue weighted by Crippen LogP contribution is 2.15. The summed E-state index contributed by atoms with van der Waals surface area (Å²) < 4.78 is 5.07. The SMILES string of the molecule is COc1ccc(NC(C)C(=O)N/N=C/c2ccc([N+](=O)[O-])cc2)cc1. The zero-order valence-corrected chi connectivity index (χ0v) is 13.8. The molecule has 0 spiro atoms. The zero-order chi connectivity index (χ0) is 18.2. The van der Waals surface area contributed by atoms with Crippen molar-refractivity contribution in [2.75, 3.05) is 12.4 Å². The van der Waals surface area contributed by atoms with Crippen molar-refractivity contribution in [1.29, 1.82) is 0 Å². The van der Waals surface area contributed by atoms with E-state index in [1.54, 1.807) is 38.3 Å². The lowest BCUT2D eigenvalue weighted by molar-refractivity contribution is -0.384. The summed E-state index contributed by atoms with van der Waals surface area (Å²) in [4.78, 5) is 22.1. The van der Waals surface area contributed by atoms with Crippen molar-refractivity contribution >= 4 is 23.5 Å². The highest BCUT2D eigenvalue weighted by atomic mass is 16.6. The fraction of sp³-hybridized carbons (Fsp3) is 0.176. The monoisotopic (exact) mass is 342 g/mol. The number of benzene rings is 2. The van der Waals surface area contributed by atoms with E-state index >= 15 is 0 Å². The smallest absolute Gasteiger partial charge is 0.269 e. The van der Waals surface area contributed by atoms with Crippen molar-refractivity contribution in [1.82, 2.24) is 5.43 Å². The highest BCUT2D eigenvalue weighted by molar-refractivity contribution is 5.86. The van der Waals surface area contributed by atoms with Gasteiger partial charge in [-0.25, -0.2) is 5.43 Å². The van der Waals surface area contributed by atoms with E-state index in [1.165, 1.54) is 18.3 Å². The molecule has 0 aromatic heterocycles. The summed E-state index contributed by atoms with van der Waals surface area (Å²) in [6, 6.07) is 12.5. The molecule has 130 valence electrons. The minimum atomic E-state index is -0.498. The van der Waals surface area contributed by atoms with Crippen molar-refractivity contribution in [3.05, 3.63) is 64.2 Å². The first-order valence-electron chi connectivity index (χ1n) is 7.47. The molecule has 25 heavy (non-hydrogen) atoms. The molecule has 0 aliphatic rings. The maximum atomic E-state index is 12.0. The van der Waals surface area contributed by atoms with Gasteiger partial charge in [-0.2, -0.15) is 5.10 Å². The standard InChI is InChI=1S/C17H18N4O4/c1-12(19-14-5-9-16(25-2)10-6-14)17(22)20-18-11-13-3-7-15(8-4-13)21(23)24/h3-12,19H,1-2H3,(H,20,22)/b18-11+. The quantitative estimate of drug-likeness (QED) is 0.457. The van der Waals surface area contributed by atoms with E-state index in [0.717, 1.165) is 11.4 Å². The van der Waals surface area contributed by atoms with Crippen LogP contribution in [0.4, 0.5) is 11.4 Å². The molecule has 0 saturated carbocycles. The fourth-order valence-electron chi connectivity index (χ4n) is 1.95. The van der Waals surface area contributed by atoms with Gasteiger partial charge in [0.25, 0.3) is 11.6 Å². The van der Waals surface area contributed by atoms with E-state index in [-0.39, 0.29) is 11.6 Å². The molecule has 2 aromatic rings. The van der Waals surface area contributed by atoms with Gasteiger partial charge in [0.15, 0.2) is 0 Å². The molecule has 1 atom stereocenters. The second-order valence-electron chi connectivity index (χ2n) is 5.18. The molecule has 0 aliphatic heterocycles. The Morgan fingerprint density at radius 1 is 1.20 bits per heavy atom. The minimum absolute atomic E-state index is 0.00139. The molecule has 8 heteroatoms. The molecule has 0 radical (unpaired) electrons. The summed E-state index contributed by atoms with van der Waals surface area (Å²) in [5.74, 6) is 0.421. The number of hydrogen-bond donors (Lipinski definition) is 2. The second-order valence-corrected chi connectivity index (χ2v) is 5.18. The van der Waals surface area contributed by atoms with Crippen molar-refractivity contribution in [3.8, 4) is 5.75 Å². The molecule has 1 unspecified atom stereocenters. The number of hydrazone groups is 1. The number of nitro benzene ring substituents is 1. The number of ether oxygens (including phenoxy) is 1. The second kappa shape index (κ2) is 8.44. The van der Waals surface area contributed by atoms with Crippen LogP contribution in [-0.4, -0.2) is 30.2 Å². The number of non-ortho nitro benzene ring substituents is 1. The fourth-order valence-corrected chi connectivity index (χ4v) is 1.95. The Morgan fingerprint density at radius 3 is 2.40 bits per heavy atom. The summed E-state index contributed by atoms with van der Waals surface area (Å²) in [7, 11) is 1.58. The summed E-state index contributed by atoms with van der Waals surface area (Å²) in [6.45, 7) is 1.71. The van der Waals surface area contributed by atoms with Crippen LogP contribution in [0, 0.1) is 10.1 Å². The Morgan fingerprint density at radius 2 is 1.84 bits per heavy atom. The molecular weight excluding hydrogens is 324 g/mol. The number of amides is 1. The van der Waals surface area contributed by atoms with Gasteiger partial charge in [0.1, 0.15) is 11.8 Å². The van der Waals surface area contributed by atoms with Gasteiger partial charge in [-0.15, -0.1) is 0 Å². The van der Waals surface area contributed by atoms with Crippen molar-refractivity contribution < 1.29 is 14.5 Å². The van der Waals surface area contributed by atoms with Crippen LogP contribution in [0.15, 0.2) is 53.6 Å². The van der Waals surface area contributed by atoms with Crippen LogP contribution in [0.3, 0.4) is 0 Å². The lowest BCUT2D eigenvalue weighted by atomic mass is 10.2.